The van der Waals surface area contributed by atoms with Crippen LogP contribution in [0.15, 0.2) is 72.8 Å². The summed E-state index contributed by atoms with van der Waals surface area (Å²) in [6.07, 6.45) is -4.55. The summed E-state index contributed by atoms with van der Waals surface area (Å²) in [6, 6.07) is 16.8. The molecule has 0 unspecified atom stereocenters. The maximum atomic E-state index is 13.5. The highest BCUT2D eigenvalue weighted by atomic mass is 19.4. The fourth-order valence-corrected chi connectivity index (χ4v) is 3.56. The van der Waals surface area contributed by atoms with E-state index < -0.39 is 22.6 Å². The molecule has 2 N–H and O–H groups in total. The molecule has 0 saturated heterocycles. The van der Waals surface area contributed by atoms with Gasteiger partial charge in [-0.05, 0) is 41.5 Å². The lowest BCUT2D eigenvalue weighted by molar-refractivity contribution is -0.384. The van der Waals surface area contributed by atoms with Crippen molar-refractivity contribution >= 4 is 22.5 Å². The minimum atomic E-state index is -4.55. The van der Waals surface area contributed by atoms with Crippen molar-refractivity contribution in [3.8, 4) is 16.8 Å². The predicted molar refractivity (Wildman–Crippen MR) is 109 cm³/mol. The lowest BCUT2D eigenvalue weighted by Gasteiger charge is -2.15. The van der Waals surface area contributed by atoms with E-state index in [0.29, 0.717) is 16.6 Å². The molecule has 0 fully saturated rings. The molecule has 0 radical (unpaired) electrons. The van der Waals surface area contributed by atoms with Gasteiger partial charge in [0.15, 0.2) is 0 Å². The molecule has 1 heterocycles. The number of nitro benzene ring substituents is 1. The fraction of sp³-hybridized carbons (Fsp3) is 0.0455. The second kappa shape index (κ2) is 7.28. The predicted octanol–water partition coefficient (Wildman–Crippen LogP) is 5.32. The van der Waals surface area contributed by atoms with Gasteiger partial charge in [0, 0.05) is 23.2 Å². The molecule has 9 heteroatoms. The van der Waals surface area contributed by atoms with Gasteiger partial charge in [0.05, 0.1) is 16.0 Å². The number of nitro groups is 1. The van der Waals surface area contributed by atoms with Gasteiger partial charge in [0.2, 0.25) is 0 Å². The number of fused-ring (bicyclic) bond motifs is 1. The largest absolute Gasteiger partial charge is 0.417 e. The van der Waals surface area contributed by atoms with E-state index in [2.05, 4.69) is 0 Å². The lowest BCUT2D eigenvalue weighted by atomic mass is 9.99. The third kappa shape index (κ3) is 3.61. The van der Waals surface area contributed by atoms with Gasteiger partial charge >= 0.3 is 6.18 Å². The van der Waals surface area contributed by atoms with Crippen LogP contribution in [0.2, 0.25) is 0 Å². The van der Waals surface area contributed by atoms with Crippen LogP contribution in [0.4, 0.5) is 18.9 Å². The van der Waals surface area contributed by atoms with E-state index in [4.69, 9.17) is 5.73 Å². The molecule has 4 rings (SSSR count). The van der Waals surface area contributed by atoms with Crippen molar-refractivity contribution in [1.82, 2.24) is 4.57 Å². The summed E-state index contributed by atoms with van der Waals surface area (Å²) < 4.78 is 41.8. The number of carbonyl (C=O) groups is 1. The van der Waals surface area contributed by atoms with Crippen LogP contribution in [0.1, 0.15) is 16.1 Å². The first-order valence-electron chi connectivity index (χ1n) is 9.03. The zero-order valence-corrected chi connectivity index (χ0v) is 15.8. The molecular weight excluding hydrogens is 411 g/mol. The molecule has 4 aromatic rings. The smallest absolute Gasteiger partial charge is 0.364 e. The Morgan fingerprint density at radius 2 is 1.71 bits per heavy atom. The number of amides is 1. The Morgan fingerprint density at radius 3 is 2.39 bits per heavy atom. The number of hydrogen-bond acceptors (Lipinski definition) is 3. The average molecular weight is 425 g/mol. The first-order valence-corrected chi connectivity index (χ1v) is 9.03. The first kappa shape index (κ1) is 20.1. The van der Waals surface area contributed by atoms with E-state index in [-0.39, 0.29) is 22.5 Å². The van der Waals surface area contributed by atoms with Gasteiger partial charge in [-0.3, -0.25) is 14.9 Å². The molecule has 0 saturated carbocycles. The minimum Gasteiger partial charge on any atom is -0.364 e. The second-order valence-corrected chi connectivity index (χ2v) is 6.82. The van der Waals surface area contributed by atoms with Gasteiger partial charge in [-0.15, -0.1) is 0 Å². The van der Waals surface area contributed by atoms with Gasteiger partial charge in [-0.1, -0.05) is 30.3 Å². The standard InChI is InChI=1S/C22H14F3N3O3/c23-22(24,25)18-7-2-1-6-17(18)13-4-3-5-15(10-13)27-19-12-16(28(30)31)9-8-14(19)11-20(27)21(26)29/h1-12H,(H2,26,29). The van der Waals surface area contributed by atoms with Crippen molar-refractivity contribution in [1.29, 1.82) is 0 Å². The van der Waals surface area contributed by atoms with E-state index in [9.17, 15) is 28.1 Å². The number of rotatable bonds is 4. The van der Waals surface area contributed by atoms with E-state index in [1.807, 2.05) is 0 Å². The summed E-state index contributed by atoms with van der Waals surface area (Å²) in [5.74, 6) is -0.778. The van der Waals surface area contributed by atoms with Crippen LogP contribution < -0.4 is 5.73 Å². The number of carbonyl (C=O) groups excluding carboxylic acids is 1. The van der Waals surface area contributed by atoms with Crippen molar-refractivity contribution < 1.29 is 22.9 Å². The van der Waals surface area contributed by atoms with Crippen molar-refractivity contribution in [2.45, 2.75) is 6.18 Å². The SMILES string of the molecule is NC(=O)c1cc2ccc([N+](=O)[O-])cc2n1-c1cccc(-c2ccccc2C(F)(F)F)c1. The highest BCUT2D eigenvalue weighted by Gasteiger charge is 2.33. The number of nitrogens with two attached hydrogens (primary N) is 1. The summed E-state index contributed by atoms with van der Waals surface area (Å²) in [6.45, 7) is 0. The first-order chi connectivity index (χ1) is 14.7. The van der Waals surface area contributed by atoms with Crippen molar-refractivity contribution in [3.05, 3.63) is 94.2 Å². The van der Waals surface area contributed by atoms with Crippen molar-refractivity contribution in [2.75, 3.05) is 0 Å². The van der Waals surface area contributed by atoms with Gasteiger partial charge in [-0.2, -0.15) is 13.2 Å². The molecule has 0 aliphatic heterocycles. The van der Waals surface area contributed by atoms with E-state index in [0.717, 1.165) is 6.07 Å². The Morgan fingerprint density at radius 1 is 0.968 bits per heavy atom. The van der Waals surface area contributed by atoms with Gasteiger partial charge < -0.3 is 10.3 Å². The number of alkyl halides is 3. The third-order valence-electron chi connectivity index (χ3n) is 4.90. The van der Waals surface area contributed by atoms with E-state index in [1.165, 1.54) is 59.2 Å². The average Bonchev–Trinajstić information content (AvgIpc) is 3.12. The van der Waals surface area contributed by atoms with Crippen LogP contribution in [-0.4, -0.2) is 15.4 Å². The van der Waals surface area contributed by atoms with Crippen LogP contribution >= 0.6 is 0 Å². The summed E-state index contributed by atoms with van der Waals surface area (Å²) in [4.78, 5) is 22.7. The summed E-state index contributed by atoms with van der Waals surface area (Å²) in [5.41, 5.74) is 5.49. The zero-order valence-electron chi connectivity index (χ0n) is 15.8. The Labute approximate surface area is 173 Å². The molecule has 3 aromatic carbocycles. The van der Waals surface area contributed by atoms with Crippen molar-refractivity contribution in [3.63, 3.8) is 0 Å². The molecule has 0 aliphatic carbocycles. The topological polar surface area (TPSA) is 91.2 Å². The van der Waals surface area contributed by atoms with Crippen LogP contribution in [-0.2, 0) is 6.18 Å². The van der Waals surface area contributed by atoms with E-state index in [1.54, 1.807) is 12.1 Å². The third-order valence-corrected chi connectivity index (χ3v) is 4.90. The molecule has 31 heavy (non-hydrogen) atoms. The van der Waals surface area contributed by atoms with Gasteiger partial charge in [0.25, 0.3) is 11.6 Å². The molecule has 6 nitrogen and oxygen atoms in total. The molecule has 0 spiro atoms. The summed E-state index contributed by atoms with van der Waals surface area (Å²) in [7, 11) is 0. The number of non-ortho nitro benzene ring substituents is 1. The van der Waals surface area contributed by atoms with Crippen LogP contribution in [0.25, 0.3) is 27.7 Å². The van der Waals surface area contributed by atoms with E-state index >= 15 is 0 Å². The normalized spacial score (nSPS) is 11.6. The van der Waals surface area contributed by atoms with Crippen LogP contribution in [0, 0.1) is 10.1 Å². The molecule has 1 amide bonds. The maximum Gasteiger partial charge on any atom is 0.417 e. The maximum absolute atomic E-state index is 13.5. The monoisotopic (exact) mass is 425 g/mol. The number of halogens is 3. The molecule has 0 atom stereocenters. The Bertz CT molecular complexity index is 1340. The Kier molecular flexibility index (Phi) is 4.73. The summed E-state index contributed by atoms with van der Waals surface area (Å²) >= 11 is 0. The van der Waals surface area contributed by atoms with Crippen molar-refractivity contribution in [2.24, 2.45) is 5.73 Å². The number of hydrogen-bond donors (Lipinski definition) is 1. The zero-order chi connectivity index (χ0) is 22.3. The quantitative estimate of drug-likeness (QED) is 0.354. The Hall–Kier alpha value is -4.14. The number of benzene rings is 3. The molecule has 0 bridgehead atoms. The number of primary amides is 1. The highest BCUT2D eigenvalue weighted by molar-refractivity contribution is 5.99. The molecule has 156 valence electrons. The highest BCUT2D eigenvalue weighted by Crippen LogP contribution is 2.38. The second-order valence-electron chi connectivity index (χ2n) is 6.82. The number of aromatic nitrogens is 1. The van der Waals surface area contributed by atoms with Crippen LogP contribution in [0.5, 0.6) is 0 Å². The fourth-order valence-electron chi connectivity index (χ4n) is 3.56. The molecule has 0 aliphatic rings. The lowest BCUT2D eigenvalue weighted by Crippen LogP contribution is -2.16. The summed E-state index contributed by atoms with van der Waals surface area (Å²) in [5, 5.41) is 11.7. The van der Waals surface area contributed by atoms with Gasteiger partial charge in [0.1, 0.15) is 5.69 Å². The minimum absolute atomic E-state index is 0.0279. The van der Waals surface area contributed by atoms with Crippen LogP contribution in [0.3, 0.4) is 0 Å². The Balaban J connectivity index is 1.97. The molecular formula is C22H14F3N3O3. The number of nitrogens with zero attached hydrogens (tertiary/aromatic N) is 2. The molecule has 1 aromatic heterocycles. The van der Waals surface area contributed by atoms with Gasteiger partial charge in [-0.25, -0.2) is 0 Å².